The Morgan fingerprint density at radius 1 is 0.386 bits per heavy atom. The fourth-order valence-corrected chi connectivity index (χ4v) is 13.3. The average Bonchev–Trinajstić information content (AvgIpc) is 3.03. The molecule has 0 N–H and O–H groups in total. The molecule has 0 saturated carbocycles. The number of unbranched alkanes of at least 4 members (excludes halogenated alkanes) is 8. The molecule has 0 saturated heterocycles. The Morgan fingerprint density at radius 3 is 1.02 bits per heavy atom. The van der Waals surface area contributed by atoms with Crippen LogP contribution in [0.4, 0.5) is 0 Å². The average molecular weight is 699 g/mol. The highest BCUT2D eigenvalue weighted by molar-refractivity contribution is 9.26. The minimum Gasteiger partial charge on any atom is -0.353 e. The molecule has 4 atom stereocenters. The summed E-state index contributed by atoms with van der Waals surface area (Å²) in [6, 6.07) is 0. The molecule has 0 spiro atoms. The molecular weight excluding hydrogens is 625 g/mol. The van der Waals surface area contributed by atoms with E-state index in [-0.39, 0.29) is 12.6 Å². The molecule has 0 fully saturated rings. The van der Waals surface area contributed by atoms with Crippen molar-refractivity contribution in [2.24, 2.45) is 11.8 Å². The van der Waals surface area contributed by atoms with Crippen LogP contribution < -0.4 is 0 Å². The highest BCUT2D eigenvalue weighted by Crippen LogP contribution is 2.49. The molecule has 0 aliphatic rings. The van der Waals surface area contributed by atoms with Crippen molar-refractivity contribution in [3.63, 3.8) is 0 Å². The molecule has 0 amide bonds. The lowest BCUT2D eigenvalue weighted by Crippen LogP contribution is -2.28. The fraction of sp³-hybridized carbons (Fsp3) is 1.00. The molecule has 0 bridgehead atoms. The molecule has 0 aromatic rings. The molecule has 44 heavy (non-hydrogen) atoms. The smallest absolute Gasteiger partial charge is 0.160 e. The second kappa shape index (κ2) is 34.1. The van der Waals surface area contributed by atoms with Crippen LogP contribution in [-0.2, 0) is 18.9 Å². The summed E-state index contributed by atoms with van der Waals surface area (Å²) in [4.78, 5) is 0. The summed E-state index contributed by atoms with van der Waals surface area (Å²) < 4.78 is 24.3. The lowest BCUT2D eigenvalue weighted by atomic mass is 9.93. The Labute approximate surface area is 291 Å². The Hall–Kier alpha value is 1.24. The topological polar surface area (TPSA) is 36.9 Å². The molecule has 0 aromatic heterocycles. The van der Waals surface area contributed by atoms with Crippen LogP contribution >= 0.6 is 41.2 Å². The van der Waals surface area contributed by atoms with Crippen LogP contribution in [0.3, 0.4) is 0 Å². The van der Waals surface area contributed by atoms with Gasteiger partial charge in [-0.15, -0.1) is 0 Å². The van der Waals surface area contributed by atoms with Crippen molar-refractivity contribution in [1.82, 2.24) is 0 Å². The molecule has 4 nitrogen and oxygen atoms in total. The quantitative estimate of drug-likeness (QED) is 0.0368. The predicted molar refractivity (Wildman–Crippen MR) is 205 cm³/mol. The van der Waals surface area contributed by atoms with Gasteiger partial charge in [-0.2, -0.15) is 0 Å². The maximum atomic E-state index is 6.09. The highest BCUT2D eigenvalue weighted by Gasteiger charge is 2.25. The van der Waals surface area contributed by atoms with Gasteiger partial charge in [-0.1, -0.05) is 113 Å². The SMILES string of the molecule is CCCCCCCC(CCC(CC)SSSSC(CC)CCC(CCCCCCC)C(OCC)OCC)C(OCC)OCC. The lowest BCUT2D eigenvalue weighted by molar-refractivity contribution is -0.170. The Balaban J connectivity index is 4.80. The van der Waals surface area contributed by atoms with E-state index in [0.29, 0.717) is 22.3 Å². The van der Waals surface area contributed by atoms with Crippen molar-refractivity contribution < 1.29 is 18.9 Å². The summed E-state index contributed by atoms with van der Waals surface area (Å²) in [6.45, 7) is 20.5. The molecular formula is C36H74O4S4. The van der Waals surface area contributed by atoms with E-state index in [0.717, 1.165) is 26.4 Å². The summed E-state index contributed by atoms with van der Waals surface area (Å²) in [6.07, 6.45) is 22.9. The summed E-state index contributed by atoms with van der Waals surface area (Å²) in [7, 11) is 8.17. The maximum absolute atomic E-state index is 6.09. The first kappa shape index (κ1) is 45.2. The third-order valence-corrected chi connectivity index (χ3v) is 16.0. The van der Waals surface area contributed by atoms with Gasteiger partial charge in [0.05, 0.1) is 0 Å². The molecule has 0 aliphatic heterocycles. The van der Waals surface area contributed by atoms with Gasteiger partial charge in [-0.3, -0.25) is 0 Å². The summed E-state index contributed by atoms with van der Waals surface area (Å²) >= 11 is 0. The predicted octanol–water partition coefficient (Wildman–Crippen LogP) is 13.5. The minimum atomic E-state index is -0.0493. The first-order valence-electron chi connectivity index (χ1n) is 18.7. The molecule has 0 aliphatic carbocycles. The largest absolute Gasteiger partial charge is 0.353 e. The van der Waals surface area contributed by atoms with Crippen LogP contribution in [0, 0.1) is 11.8 Å². The second-order valence-electron chi connectivity index (χ2n) is 12.0. The monoisotopic (exact) mass is 698 g/mol. The standard InChI is InChI=1S/C36H74O4S4/c1-9-17-19-21-23-25-31(35(37-13-5)38-14-6)27-29-33(11-3)41-43-44-42-34(12-4)30-28-32(26-24-22-20-18-10-2)36(39-15-7)40-16-8/h31-36H,9-30H2,1-8H3. The number of ether oxygens (including phenoxy) is 4. The van der Waals surface area contributed by atoms with E-state index in [1.807, 2.05) is 19.7 Å². The first-order chi connectivity index (χ1) is 21.5. The van der Waals surface area contributed by atoms with Gasteiger partial charge in [-0.25, -0.2) is 0 Å². The number of hydrogen-bond acceptors (Lipinski definition) is 8. The third-order valence-electron chi connectivity index (χ3n) is 8.46. The van der Waals surface area contributed by atoms with Crippen molar-refractivity contribution in [2.75, 3.05) is 26.4 Å². The van der Waals surface area contributed by atoms with Crippen LogP contribution in [0.5, 0.6) is 0 Å². The molecule has 0 aromatic carbocycles. The van der Waals surface area contributed by atoms with E-state index in [1.165, 1.54) is 116 Å². The lowest BCUT2D eigenvalue weighted by Gasteiger charge is -2.28. The molecule has 8 heteroatoms. The second-order valence-corrected chi connectivity index (χ2v) is 18.4. The van der Waals surface area contributed by atoms with E-state index in [2.05, 4.69) is 77.0 Å². The van der Waals surface area contributed by atoms with Gasteiger partial charge in [0.2, 0.25) is 0 Å². The van der Waals surface area contributed by atoms with Crippen molar-refractivity contribution in [1.29, 1.82) is 0 Å². The summed E-state index contributed by atoms with van der Waals surface area (Å²) in [5, 5.41) is 1.35. The van der Waals surface area contributed by atoms with E-state index in [9.17, 15) is 0 Å². The van der Waals surface area contributed by atoms with E-state index in [1.54, 1.807) is 0 Å². The zero-order chi connectivity index (χ0) is 32.7. The van der Waals surface area contributed by atoms with Gasteiger partial charge >= 0.3 is 0 Å². The zero-order valence-corrected chi connectivity index (χ0v) is 33.6. The van der Waals surface area contributed by atoms with E-state index >= 15 is 0 Å². The minimum absolute atomic E-state index is 0.0493. The van der Waals surface area contributed by atoms with Crippen LogP contribution in [-0.4, -0.2) is 49.5 Å². The Kier molecular flexibility index (Phi) is 35.1. The van der Waals surface area contributed by atoms with Crippen molar-refractivity contribution in [3.05, 3.63) is 0 Å². The van der Waals surface area contributed by atoms with Gasteiger partial charge in [0.1, 0.15) is 0 Å². The molecule has 0 radical (unpaired) electrons. The zero-order valence-electron chi connectivity index (χ0n) is 30.3. The first-order valence-corrected chi connectivity index (χ1v) is 23.6. The van der Waals surface area contributed by atoms with Crippen LogP contribution in [0.15, 0.2) is 0 Å². The van der Waals surface area contributed by atoms with Crippen LogP contribution in [0.1, 0.15) is 171 Å². The Bertz CT molecular complexity index is 514. The number of hydrogen-bond donors (Lipinski definition) is 0. The van der Waals surface area contributed by atoms with E-state index in [4.69, 9.17) is 18.9 Å². The number of rotatable bonds is 35. The van der Waals surface area contributed by atoms with Crippen LogP contribution in [0.25, 0.3) is 0 Å². The normalized spacial score (nSPS) is 14.9. The van der Waals surface area contributed by atoms with Gasteiger partial charge in [-0.05, 0) is 98.7 Å². The highest BCUT2D eigenvalue weighted by atomic mass is 33.7. The van der Waals surface area contributed by atoms with Crippen molar-refractivity contribution in [3.8, 4) is 0 Å². The molecule has 0 heterocycles. The van der Waals surface area contributed by atoms with Gasteiger partial charge in [0, 0.05) is 48.8 Å². The van der Waals surface area contributed by atoms with Gasteiger partial charge < -0.3 is 18.9 Å². The van der Waals surface area contributed by atoms with E-state index < -0.39 is 0 Å². The fourth-order valence-electron chi connectivity index (χ4n) is 5.73. The summed E-state index contributed by atoms with van der Waals surface area (Å²) in [5.41, 5.74) is 0. The Morgan fingerprint density at radius 2 is 0.727 bits per heavy atom. The van der Waals surface area contributed by atoms with Crippen molar-refractivity contribution >= 4 is 41.2 Å². The third kappa shape index (κ3) is 24.4. The molecule has 4 unspecified atom stereocenters. The molecule has 266 valence electrons. The maximum Gasteiger partial charge on any atom is 0.160 e. The van der Waals surface area contributed by atoms with Gasteiger partial charge in [0.15, 0.2) is 12.6 Å². The van der Waals surface area contributed by atoms with Crippen molar-refractivity contribution in [2.45, 2.75) is 194 Å². The molecule has 0 rings (SSSR count). The summed E-state index contributed by atoms with van der Waals surface area (Å²) in [5.74, 6) is 0.999. The van der Waals surface area contributed by atoms with Crippen LogP contribution in [0.2, 0.25) is 0 Å². The van der Waals surface area contributed by atoms with Gasteiger partial charge in [0.25, 0.3) is 0 Å².